The number of nitriles is 1. The van der Waals surface area contributed by atoms with Gasteiger partial charge in [-0.1, -0.05) is 12.1 Å². The zero-order valence-electron chi connectivity index (χ0n) is 18.5. The third-order valence-corrected chi connectivity index (χ3v) is 5.62. The average Bonchev–Trinajstić information content (AvgIpc) is 2.94. The van der Waals surface area contributed by atoms with Crippen LogP contribution in [0.1, 0.15) is 43.0 Å². The van der Waals surface area contributed by atoms with Crippen LogP contribution in [0.2, 0.25) is 0 Å². The molecule has 0 aromatic heterocycles. The normalized spacial score (nSPS) is 15.8. The van der Waals surface area contributed by atoms with Crippen molar-refractivity contribution >= 4 is 11.8 Å². The highest BCUT2D eigenvalue weighted by atomic mass is 16.6. The van der Waals surface area contributed by atoms with E-state index in [1.54, 1.807) is 4.90 Å². The highest BCUT2D eigenvalue weighted by Gasteiger charge is 2.26. The summed E-state index contributed by atoms with van der Waals surface area (Å²) in [4.78, 5) is 16.6. The van der Waals surface area contributed by atoms with Crippen molar-refractivity contribution < 1.29 is 14.3 Å². The van der Waals surface area contributed by atoms with Crippen molar-refractivity contribution in [3.63, 3.8) is 0 Å². The number of carbonyl (C=O) groups is 1. The SMILES string of the molecule is CC(C)(C)OC(=O)N1CCc2cc3c(cc2CC1)N(Cc1cccc(C#N)c1)CCO3. The number of hydrogen-bond donors (Lipinski definition) is 0. The molecular weight excluding hydrogens is 390 g/mol. The zero-order chi connectivity index (χ0) is 22.0. The first-order valence-electron chi connectivity index (χ1n) is 10.8. The number of benzene rings is 2. The highest BCUT2D eigenvalue weighted by Crippen LogP contribution is 2.36. The molecule has 2 aromatic rings. The molecule has 0 aliphatic carbocycles. The molecule has 0 fully saturated rings. The maximum atomic E-state index is 12.5. The fraction of sp³-hybridized carbons (Fsp3) is 0.440. The van der Waals surface area contributed by atoms with Crippen LogP contribution in [0.15, 0.2) is 36.4 Å². The number of carbonyl (C=O) groups excluding carboxylic acids is 1. The molecule has 2 heterocycles. The first-order chi connectivity index (χ1) is 14.8. The molecule has 0 N–H and O–H groups in total. The van der Waals surface area contributed by atoms with Crippen LogP contribution in [0.25, 0.3) is 0 Å². The van der Waals surface area contributed by atoms with Gasteiger partial charge in [-0.2, -0.15) is 5.26 Å². The number of amides is 1. The van der Waals surface area contributed by atoms with Crippen molar-refractivity contribution in [1.82, 2.24) is 4.90 Å². The number of hydrogen-bond acceptors (Lipinski definition) is 5. The summed E-state index contributed by atoms with van der Waals surface area (Å²) in [5.41, 5.74) is 4.86. The molecule has 0 saturated carbocycles. The highest BCUT2D eigenvalue weighted by molar-refractivity contribution is 5.69. The lowest BCUT2D eigenvalue weighted by Gasteiger charge is -2.32. The van der Waals surface area contributed by atoms with E-state index in [0.717, 1.165) is 42.9 Å². The second kappa shape index (κ2) is 8.50. The van der Waals surface area contributed by atoms with Gasteiger partial charge in [0.2, 0.25) is 0 Å². The summed E-state index contributed by atoms with van der Waals surface area (Å²) >= 11 is 0. The van der Waals surface area contributed by atoms with Crippen LogP contribution >= 0.6 is 0 Å². The molecule has 0 radical (unpaired) electrons. The summed E-state index contributed by atoms with van der Waals surface area (Å²) < 4.78 is 11.5. The Morgan fingerprint density at radius 3 is 2.58 bits per heavy atom. The summed E-state index contributed by atoms with van der Waals surface area (Å²) in [6, 6.07) is 14.3. The van der Waals surface area contributed by atoms with Gasteiger partial charge in [-0.3, -0.25) is 0 Å². The Morgan fingerprint density at radius 1 is 1.13 bits per heavy atom. The second-order valence-corrected chi connectivity index (χ2v) is 9.14. The van der Waals surface area contributed by atoms with Gasteiger partial charge in [0, 0.05) is 19.6 Å². The van der Waals surface area contributed by atoms with Gasteiger partial charge < -0.3 is 19.3 Å². The van der Waals surface area contributed by atoms with Gasteiger partial charge >= 0.3 is 6.09 Å². The first-order valence-corrected chi connectivity index (χ1v) is 10.8. The minimum Gasteiger partial charge on any atom is -0.490 e. The van der Waals surface area contributed by atoms with Gasteiger partial charge in [-0.25, -0.2) is 4.79 Å². The van der Waals surface area contributed by atoms with Crippen LogP contribution in [0.3, 0.4) is 0 Å². The molecule has 1 amide bonds. The maximum absolute atomic E-state index is 12.5. The van der Waals surface area contributed by atoms with Gasteiger partial charge in [0.1, 0.15) is 18.0 Å². The lowest BCUT2D eigenvalue weighted by Crippen LogP contribution is -2.38. The summed E-state index contributed by atoms with van der Waals surface area (Å²) in [7, 11) is 0. The molecule has 162 valence electrons. The van der Waals surface area contributed by atoms with Crippen molar-refractivity contribution in [1.29, 1.82) is 5.26 Å². The Kier molecular flexibility index (Phi) is 5.77. The van der Waals surface area contributed by atoms with E-state index in [-0.39, 0.29) is 6.09 Å². The van der Waals surface area contributed by atoms with Crippen molar-refractivity contribution in [2.75, 3.05) is 31.1 Å². The first kappa shape index (κ1) is 21.0. The van der Waals surface area contributed by atoms with Crippen molar-refractivity contribution in [3.8, 4) is 11.8 Å². The molecule has 2 aromatic carbocycles. The predicted octanol–water partition coefficient (Wildman–Crippen LogP) is 4.29. The largest absolute Gasteiger partial charge is 0.490 e. The molecule has 6 heteroatoms. The molecule has 6 nitrogen and oxygen atoms in total. The lowest BCUT2D eigenvalue weighted by atomic mass is 10.00. The monoisotopic (exact) mass is 419 g/mol. The minimum atomic E-state index is -0.494. The van der Waals surface area contributed by atoms with E-state index >= 15 is 0 Å². The third-order valence-electron chi connectivity index (χ3n) is 5.62. The van der Waals surface area contributed by atoms with E-state index < -0.39 is 5.60 Å². The summed E-state index contributed by atoms with van der Waals surface area (Å²) in [6.45, 7) is 9.13. The standard InChI is InChI=1S/C25H29N3O3/c1-25(2,3)31-24(29)27-9-7-20-14-22-23(15-21(20)8-10-27)30-12-11-28(22)17-19-6-4-5-18(13-19)16-26/h4-6,13-15H,7-12,17H2,1-3H3. The molecule has 0 spiro atoms. The number of rotatable bonds is 2. The van der Waals surface area contributed by atoms with Crippen LogP contribution < -0.4 is 9.64 Å². The smallest absolute Gasteiger partial charge is 0.410 e. The Hall–Kier alpha value is -3.20. The van der Waals surface area contributed by atoms with Crippen LogP contribution in [-0.4, -0.2) is 42.8 Å². The number of ether oxygens (including phenoxy) is 2. The summed E-state index contributed by atoms with van der Waals surface area (Å²) in [5.74, 6) is 0.896. The van der Waals surface area contributed by atoms with Gasteiger partial charge in [-0.15, -0.1) is 0 Å². The molecule has 0 bridgehead atoms. The molecule has 31 heavy (non-hydrogen) atoms. The Morgan fingerprint density at radius 2 is 1.87 bits per heavy atom. The van der Waals surface area contributed by atoms with E-state index in [2.05, 4.69) is 29.2 Å². The van der Waals surface area contributed by atoms with Crippen molar-refractivity contribution in [3.05, 3.63) is 58.7 Å². The third kappa shape index (κ3) is 4.93. The van der Waals surface area contributed by atoms with Crippen LogP contribution in [-0.2, 0) is 24.1 Å². The Balaban J connectivity index is 1.53. The van der Waals surface area contributed by atoms with Crippen LogP contribution in [0.5, 0.6) is 5.75 Å². The summed E-state index contributed by atoms with van der Waals surface area (Å²) in [5, 5.41) is 9.19. The topological polar surface area (TPSA) is 65.8 Å². The molecule has 0 unspecified atom stereocenters. The van der Waals surface area contributed by atoms with Gasteiger partial charge in [0.05, 0.1) is 23.9 Å². The molecule has 2 aliphatic rings. The quantitative estimate of drug-likeness (QED) is 0.726. The number of anilines is 1. The molecule has 4 rings (SSSR count). The van der Waals surface area contributed by atoms with Crippen molar-refractivity contribution in [2.24, 2.45) is 0 Å². The molecular formula is C25H29N3O3. The average molecular weight is 420 g/mol. The Labute approximate surface area is 184 Å². The zero-order valence-corrected chi connectivity index (χ0v) is 18.5. The van der Waals surface area contributed by atoms with E-state index in [1.807, 2.05) is 39.0 Å². The van der Waals surface area contributed by atoms with Crippen LogP contribution in [0, 0.1) is 11.3 Å². The van der Waals surface area contributed by atoms with E-state index in [0.29, 0.717) is 25.3 Å². The van der Waals surface area contributed by atoms with Crippen LogP contribution in [0.4, 0.5) is 10.5 Å². The maximum Gasteiger partial charge on any atom is 0.410 e. The fourth-order valence-electron chi connectivity index (χ4n) is 4.12. The Bertz CT molecular complexity index is 1020. The van der Waals surface area contributed by atoms with Gasteiger partial charge in [0.25, 0.3) is 0 Å². The number of fused-ring (bicyclic) bond motifs is 2. The van der Waals surface area contributed by atoms with E-state index in [4.69, 9.17) is 9.47 Å². The molecule has 0 saturated heterocycles. The van der Waals surface area contributed by atoms with Gasteiger partial charge in [0.15, 0.2) is 0 Å². The number of nitrogens with zero attached hydrogens (tertiary/aromatic N) is 3. The fourth-order valence-corrected chi connectivity index (χ4v) is 4.12. The van der Waals surface area contributed by atoms with E-state index in [9.17, 15) is 10.1 Å². The second-order valence-electron chi connectivity index (χ2n) is 9.14. The summed E-state index contributed by atoms with van der Waals surface area (Å²) in [6.07, 6.45) is 1.33. The van der Waals surface area contributed by atoms with E-state index in [1.165, 1.54) is 11.1 Å². The minimum absolute atomic E-state index is 0.250. The predicted molar refractivity (Wildman–Crippen MR) is 119 cm³/mol. The van der Waals surface area contributed by atoms with Gasteiger partial charge in [-0.05, 0) is 74.6 Å². The molecule has 0 atom stereocenters. The van der Waals surface area contributed by atoms with Crippen molar-refractivity contribution in [2.45, 2.75) is 45.8 Å². The lowest BCUT2D eigenvalue weighted by molar-refractivity contribution is 0.0258. The molecule has 2 aliphatic heterocycles.